The van der Waals surface area contributed by atoms with Gasteiger partial charge in [-0.2, -0.15) is 5.26 Å². The van der Waals surface area contributed by atoms with Gasteiger partial charge in [0.25, 0.3) is 0 Å². The summed E-state index contributed by atoms with van der Waals surface area (Å²) in [6, 6.07) is 3.02. The van der Waals surface area contributed by atoms with Crippen LogP contribution in [0.25, 0.3) is 0 Å². The van der Waals surface area contributed by atoms with Crippen LogP contribution < -0.4 is 5.32 Å². The minimum Gasteiger partial charge on any atom is -0.300 e. The van der Waals surface area contributed by atoms with Gasteiger partial charge in [0.15, 0.2) is 0 Å². The van der Waals surface area contributed by atoms with Crippen molar-refractivity contribution in [3.63, 3.8) is 0 Å². The fourth-order valence-electron chi connectivity index (χ4n) is 3.74. The molecule has 1 atom stereocenters. The van der Waals surface area contributed by atoms with Crippen LogP contribution in [0.2, 0.25) is 0 Å². The van der Waals surface area contributed by atoms with Gasteiger partial charge in [-0.15, -0.1) is 0 Å². The third-order valence-corrected chi connectivity index (χ3v) is 4.90. The van der Waals surface area contributed by atoms with Crippen LogP contribution in [0, 0.1) is 23.2 Å². The lowest BCUT2D eigenvalue weighted by Gasteiger charge is -2.39. The van der Waals surface area contributed by atoms with E-state index in [1.165, 1.54) is 51.6 Å². The highest BCUT2D eigenvalue weighted by atomic mass is 15.2. The lowest BCUT2D eigenvalue weighted by Crippen LogP contribution is -2.57. The first-order chi connectivity index (χ1) is 9.59. The first-order valence-electron chi connectivity index (χ1n) is 8.51. The molecule has 0 bridgehead atoms. The molecule has 0 aromatic carbocycles. The molecule has 1 N–H and O–H groups in total. The SMILES string of the molecule is CCCC1CCN(CC(C#N)(NC(C)C)C2CC2)CC1. The molecule has 0 aromatic rings. The van der Waals surface area contributed by atoms with Gasteiger partial charge in [0, 0.05) is 12.6 Å². The lowest BCUT2D eigenvalue weighted by atomic mass is 9.89. The second-order valence-corrected chi connectivity index (χ2v) is 7.16. The highest BCUT2D eigenvalue weighted by Crippen LogP contribution is 2.40. The highest BCUT2D eigenvalue weighted by Gasteiger charge is 2.47. The van der Waals surface area contributed by atoms with Gasteiger partial charge < -0.3 is 4.90 Å². The third kappa shape index (κ3) is 3.96. The summed E-state index contributed by atoms with van der Waals surface area (Å²) in [4.78, 5) is 2.53. The van der Waals surface area contributed by atoms with Crippen molar-refractivity contribution in [1.29, 1.82) is 5.26 Å². The molecule has 1 saturated carbocycles. The quantitative estimate of drug-likeness (QED) is 0.777. The van der Waals surface area contributed by atoms with Gasteiger partial charge in [-0.25, -0.2) is 0 Å². The van der Waals surface area contributed by atoms with E-state index in [2.05, 4.69) is 37.1 Å². The number of rotatable bonds is 7. The molecule has 0 radical (unpaired) electrons. The van der Waals surface area contributed by atoms with Crippen LogP contribution in [0.4, 0.5) is 0 Å². The Hall–Kier alpha value is -0.590. The molecule has 20 heavy (non-hydrogen) atoms. The Kier molecular flexibility index (Phi) is 5.46. The van der Waals surface area contributed by atoms with E-state index < -0.39 is 0 Å². The van der Waals surface area contributed by atoms with Crippen molar-refractivity contribution in [2.24, 2.45) is 11.8 Å². The topological polar surface area (TPSA) is 39.1 Å². The van der Waals surface area contributed by atoms with E-state index in [1.807, 2.05) is 0 Å². The summed E-state index contributed by atoms with van der Waals surface area (Å²) in [6.07, 6.45) is 7.77. The highest BCUT2D eigenvalue weighted by molar-refractivity contribution is 5.17. The molecule has 1 aliphatic heterocycles. The van der Waals surface area contributed by atoms with Crippen molar-refractivity contribution in [2.45, 2.75) is 70.9 Å². The summed E-state index contributed by atoms with van der Waals surface area (Å²) in [6.45, 7) is 9.88. The van der Waals surface area contributed by atoms with E-state index in [4.69, 9.17) is 0 Å². The molecule has 2 aliphatic rings. The van der Waals surface area contributed by atoms with Crippen LogP contribution >= 0.6 is 0 Å². The lowest BCUT2D eigenvalue weighted by molar-refractivity contribution is 0.135. The third-order valence-electron chi connectivity index (χ3n) is 4.90. The van der Waals surface area contributed by atoms with Gasteiger partial charge >= 0.3 is 0 Å². The van der Waals surface area contributed by atoms with Crippen molar-refractivity contribution < 1.29 is 0 Å². The second-order valence-electron chi connectivity index (χ2n) is 7.16. The standard InChI is InChI=1S/C17H31N3/c1-4-5-15-8-10-20(11-9-15)13-17(12-18,16-6-7-16)19-14(2)3/h14-16,19H,4-11,13H2,1-3H3. The molecule has 2 fully saturated rings. The maximum Gasteiger partial charge on any atom is 0.122 e. The van der Waals surface area contributed by atoms with Gasteiger partial charge in [-0.3, -0.25) is 5.32 Å². The molecule has 0 aromatic heterocycles. The van der Waals surface area contributed by atoms with Gasteiger partial charge in [-0.1, -0.05) is 19.8 Å². The summed E-state index contributed by atoms with van der Waals surface area (Å²) in [5.41, 5.74) is -0.300. The van der Waals surface area contributed by atoms with Crippen molar-refractivity contribution in [2.75, 3.05) is 19.6 Å². The zero-order chi connectivity index (χ0) is 14.6. The van der Waals surface area contributed by atoms with E-state index in [1.54, 1.807) is 0 Å². The summed E-state index contributed by atoms with van der Waals surface area (Å²) < 4.78 is 0. The molecule has 114 valence electrons. The summed E-state index contributed by atoms with van der Waals surface area (Å²) in [5, 5.41) is 13.3. The first kappa shape index (κ1) is 15.8. The molecule has 1 unspecified atom stereocenters. The number of hydrogen-bond acceptors (Lipinski definition) is 3. The Morgan fingerprint density at radius 3 is 2.35 bits per heavy atom. The fourth-order valence-corrected chi connectivity index (χ4v) is 3.74. The number of piperidine rings is 1. The molecule has 1 aliphatic carbocycles. The Labute approximate surface area is 124 Å². The fraction of sp³-hybridized carbons (Fsp3) is 0.941. The predicted octanol–water partition coefficient (Wildman–Crippen LogP) is 3.17. The van der Waals surface area contributed by atoms with E-state index >= 15 is 0 Å². The van der Waals surface area contributed by atoms with Crippen molar-refractivity contribution in [3.05, 3.63) is 0 Å². The predicted molar refractivity (Wildman–Crippen MR) is 83.4 cm³/mol. The number of nitrogens with one attached hydrogen (secondary N) is 1. The molecule has 0 spiro atoms. The zero-order valence-electron chi connectivity index (χ0n) is 13.5. The van der Waals surface area contributed by atoms with Gasteiger partial charge in [0.1, 0.15) is 5.54 Å². The van der Waals surface area contributed by atoms with Crippen LogP contribution in [-0.2, 0) is 0 Å². The number of nitrogens with zero attached hydrogens (tertiary/aromatic N) is 2. The maximum absolute atomic E-state index is 9.76. The number of nitriles is 1. The monoisotopic (exact) mass is 277 g/mol. The smallest absolute Gasteiger partial charge is 0.122 e. The second kappa shape index (κ2) is 6.91. The summed E-state index contributed by atoms with van der Waals surface area (Å²) >= 11 is 0. The Balaban J connectivity index is 1.91. The maximum atomic E-state index is 9.76. The van der Waals surface area contributed by atoms with Crippen LogP contribution in [0.15, 0.2) is 0 Å². The van der Waals surface area contributed by atoms with Gasteiger partial charge in [-0.05, 0) is 64.5 Å². The van der Waals surface area contributed by atoms with E-state index in [0.717, 1.165) is 12.5 Å². The van der Waals surface area contributed by atoms with Gasteiger partial charge in [0.2, 0.25) is 0 Å². The zero-order valence-corrected chi connectivity index (χ0v) is 13.5. The normalized spacial score (nSPS) is 24.6. The van der Waals surface area contributed by atoms with Crippen LogP contribution in [0.1, 0.15) is 59.3 Å². The Morgan fingerprint density at radius 2 is 1.90 bits per heavy atom. The van der Waals surface area contributed by atoms with E-state index in [9.17, 15) is 5.26 Å². The minimum absolute atomic E-state index is 0.300. The molecule has 0 amide bonds. The number of likely N-dealkylation sites (tertiary alicyclic amines) is 1. The van der Waals surface area contributed by atoms with Crippen molar-refractivity contribution in [1.82, 2.24) is 10.2 Å². The minimum atomic E-state index is -0.300. The van der Waals surface area contributed by atoms with Crippen LogP contribution in [0.3, 0.4) is 0 Å². The number of hydrogen-bond donors (Lipinski definition) is 1. The average Bonchev–Trinajstić information content (AvgIpc) is 3.24. The van der Waals surface area contributed by atoms with Crippen LogP contribution in [0.5, 0.6) is 0 Å². The van der Waals surface area contributed by atoms with E-state index in [0.29, 0.717) is 12.0 Å². The van der Waals surface area contributed by atoms with Crippen LogP contribution in [-0.4, -0.2) is 36.1 Å². The largest absolute Gasteiger partial charge is 0.300 e. The molecule has 3 nitrogen and oxygen atoms in total. The van der Waals surface area contributed by atoms with Crippen molar-refractivity contribution in [3.8, 4) is 6.07 Å². The molecular weight excluding hydrogens is 246 g/mol. The summed E-state index contributed by atoms with van der Waals surface area (Å²) in [7, 11) is 0. The molecule has 2 rings (SSSR count). The molecule has 1 heterocycles. The molecular formula is C17H31N3. The van der Waals surface area contributed by atoms with Crippen molar-refractivity contribution >= 4 is 0 Å². The Bertz CT molecular complexity index is 335. The first-order valence-corrected chi connectivity index (χ1v) is 8.51. The average molecular weight is 277 g/mol. The van der Waals surface area contributed by atoms with E-state index in [-0.39, 0.29) is 5.54 Å². The molecule has 1 saturated heterocycles. The molecule has 3 heteroatoms. The Morgan fingerprint density at radius 1 is 1.25 bits per heavy atom. The van der Waals surface area contributed by atoms with Gasteiger partial charge in [0.05, 0.1) is 6.07 Å². The summed E-state index contributed by atoms with van der Waals surface area (Å²) in [5.74, 6) is 1.50.